The second-order valence-electron chi connectivity index (χ2n) is 5.78. The molecule has 2 aromatic rings. The molecule has 1 atom stereocenters. The van der Waals surface area contributed by atoms with Crippen molar-refractivity contribution >= 4 is 12.4 Å². The number of ether oxygens (including phenoxy) is 1. The summed E-state index contributed by atoms with van der Waals surface area (Å²) in [6.45, 7) is 6.32. The number of halogens is 1. The fourth-order valence-corrected chi connectivity index (χ4v) is 3.03. The first kappa shape index (κ1) is 17.8. The van der Waals surface area contributed by atoms with E-state index < -0.39 is 0 Å². The van der Waals surface area contributed by atoms with E-state index >= 15 is 0 Å². The fourth-order valence-electron chi connectivity index (χ4n) is 3.03. The van der Waals surface area contributed by atoms with Crippen molar-refractivity contribution in [2.75, 3.05) is 13.2 Å². The number of hydrogen-bond donors (Lipinski definition) is 2. The molecule has 3 rings (SSSR count). The normalized spacial score (nSPS) is 15.9. The first-order valence-electron chi connectivity index (χ1n) is 7.78. The quantitative estimate of drug-likeness (QED) is 0.846. The van der Waals surface area contributed by atoms with Crippen LogP contribution in [0.4, 0.5) is 0 Å². The molecule has 0 fully saturated rings. The summed E-state index contributed by atoms with van der Waals surface area (Å²) in [5.74, 6) is 1.01. The zero-order valence-electron chi connectivity index (χ0n) is 13.6. The van der Waals surface area contributed by atoms with Crippen LogP contribution in [0.2, 0.25) is 0 Å². The molecule has 0 saturated heterocycles. The van der Waals surface area contributed by atoms with Gasteiger partial charge in [0.25, 0.3) is 0 Å². The number of nitrogens with zero attached hydrogens (tertiary/aromatic N) is 2. The lowest BCUT2D eigenvalue weighted by molar-refractivity contribution is 0.227. The lowest BCUT2D eigenvalue weighted by Gasteiger charge is -2.12. The maximum Gasteiger partial charge on any atom is 0.123 e. The Morgan fingerprint density at radius 2 is 2.13 bits per heavy atom. The lowest BCUT2D eigenvalue weighted by atomic mass is 10.1. The van der Waals surface area contributed by atoms with Gasteiger partial charge >= 0.3 is 0 Å². The highest BCUT2D eigenvalue weighted by Crippen LogP contribution is 2.27. The van der Waals surface area contributed by atoms with Gasteiger partial charge in [0.05, 0.1) is 18.8 Å². The van der Waals surface area contributed by atoms with Gasteiger partial charge in [0.1, 0.15) is 11.9 Å². The maximum atomic E-state index is 9.06. The molecule has 2 heterocycles. The molecule has 0 bridgehead atoms. The average molecular weight is 338 g/mol. The van der Waals surface area contributed by atoms with Crippen molar-refractivity contribution in [1.82, 2.24) is 15.1 Å². The molecule has 0 amide bonds. The topological polar surface area (TPSA) is 59.3 Å². The Kier molecular flexibility index (Phi) is 6.04. The molecule has 126 valence electrons. The number of aromatic nitrogens is 2. The average Bonchev–Trinajstić information content (AvgIpc) is 3.03. The van der Waals surface area contributed by atoms with Crippen LogP contribution in [0.5, 0.6) is 5.75 Å². The smallest absolute Gasteiger partial charge is 0.123 e. The largest absolute Gasteiger partial charge is 0.488 e. The fraction of sp³-hybridized carbons (Fsp3) is 0.471. The molecule has 1 aliphatic heterocycles. The van der Waals surface area contributed by atoms with E-state index in [2.05, 4.69) is 29.5 Å². The van der Waals surface area contributed by atoms with E-state index in [-0.39, 0.29) is 25.1 Å². The monoisotopic (exact) mass is 337 g/mol. The second-order valence-corrected chi connectivity index (χ2v) is 5.78. The van der Waals surface area contributed by atoms with Crippen molar-refractivity contribution in [2.24, 2.45) is 0 Å². The van der Waals surface area contributed by atoms with Gasteiger partial charge in [-0.15, -0.1) is 12.4 Å². The van der Waals surface area contributed by atoms with Crippen molar-refractivity contribution in [3.05, 3.63) is 46.8 Å². The molecule has 1 unspecified atom stereocenters. The molecule has 0 radical (unpaired) electrons. The van der Waals surface area contributed by atoms with Crippen molar-refractivity contribution in [3.8, 4) is 5.75 Å². The number of aryl methyl sites for hydroxylation is 1. The van der Waals surface area contributed by atoms with Gasteiger partial charge in [-0.05, 0) is 25.5 Å². The summed E-state index contributed by atoms with van der Waals surface area (Å²) in [6, 6.07) is 8.22. The number of rotatable bonds is 6. The maximum absolute atomic E-state index is 9.06. The molecular weight excluding hydrogens is 314 g/mol. The third kappa shape index (κ3) is 3.86. The van der Waals surface area contributed by atoms with E-state index in [4.69, 9.17) is 9.84 Å². The highest BCUT2D eigenvalue weighted by atomic mass is 35.5. The summed E-state index contributed by atoms with van der Waals surface area (Å²) in [7, 11) is 0. The van der Waals surface area contributed by atoms with Crippen LogP contribution >= 0.6 is 12.4 Å². The van der Waals surface area contributed by atoms with Gasteiger partial charge in [-0.2, -0.15) is 5.10 Å². The molecule has 2 N–H and O–H groups in total. The molecule has 6 heteroatoms. The summed E-state index contributed by atoms with van der Waals surface area (Å²) in [6.07, 6.45) is 1.16. The zero-order chi connectivity index (χ0) is 15.5. The number of hydrogen-bond acceptors (Lipinski definition) is 4. The summed E-state index contributed by atoms with van der Waals surface area (Å²) in [5, 5.41) is 17.0. The Morgan fingerprint density at radius 1 is 1.35 bits per heavy atom. The molecule has 5 nitrogen and oxygen atoms in total. The van der Waals surface area contributed by atoms with E-state index in [0.717, 1.165) is 36.6 Å². The van der Waals surface area contributed by atoms with Crippen molar-refractivity contribution in [3.63, 3.8) is 0 Å². The lowest BCUT2D eigenvalue weighted by Crippen LogP contribution is -2.30. The summed E-state index contributed by atoms with van der Waals surface area (Å²) in [5.41, 5.74) is 4.64. The van der Waals surface area contributed by atoms with Crippen LogP contribution in [0.15, 0.2) is 24.3 Å². The molecular formula is C17H24ClN3O2. The molecule has 0 aliphatic carbocycles. The van der Waals surface area contributed by atoms with Crippen molar-refractivity contribution in [2.45, 2.75) is 39.5 Å². The summed E-state index contributed by atoms with van der Waals surface area (Å²) < 4.78 is 7.80. The van der Waals surface area contributed by atoms with Gasteiger partial charge in [0, 0.05) is 30.8 Å². The number of fused-ring (bicyclic) bond motifs is 1. The number of aliphatic hydroxyl groups is 1. The predicted octanol–water partition coefficient (Wildman–Crippen LogP) is 2.01. The van der Waals surface area contributed by atoms with Gasteiger partial charge in [-0.1, -0.05) is 18.2 Å². The van der Waals surface area contributed by atoms with Gasteiger partial charge in [0.15, 0.2) is 0 Å². The van der Waals surface area contributed by atoms with Crippen molar-refractivity contribution in [1.29, 1.82) is 0 Å². The summed E-state index contributed by atoms with van der Waals surface area (Å²) >= 11 is 0. The predicted molar refractivity (Wildman–Crippen MR) is 92.3 cm³/mol. The molecule has 1 aromatic heterocycles. The minimum absolute atomic E-state index is 0. The highest BCUT2D eigenvalue weighted by Gasteiger charge is 2.22. The number of para-hydroxylation sites is 1. The van der Waals surface area contributed by atoms with E-state index in [1.807, 2.05) is 23.7 Å². The molecule has 0 saturated carbocycles. The van der Waals surface area contributed by atoms with Crippen molar-refractivity contribution < 1.29 is 9.84 Å². The standard InChI is InChI=1S/C17H23N3O2.ClH/c1-12-16(13(2)20(19-12)7-8-21)11-18-10-15-9-14-5-3-4-6-17(14)22-15;/h3-6,15,18,21H,7-11H2,1-2H3;1H. The van der Waals surface area contributed by atoms with E-state index in [0.29, 0.717) is 6.54 Å². The Bertz CT molecular complexity index is 632. The highest BCUT2D eigenvalue weighted by molar-refractivity contribution is 5.85. The van der Waals surface area contributed by atoms with E-state index in [9.17, 15) is 0 Å². The molecule has 23 heavy (non-hydrogen) atoms. The molecule has 1 aromatic carbocycles. The van der Waals surface area contributed by atoms with Crippen LogP contribution in [0, 0.1) is 13.8 Å². The number of nitrogens with one attached hydrogen (secondary N) is 1. The third-order valence-corrected chi connectivity index (χ3v) is 4.23. The van der Waals surface area contributed by atoms with Gasteiger partial charge < -0.3 is 15.2 Å². The first-order valence-corrected chi connectivity index (χ1v) is 7.78. The van der Waals surface area contributed by atoms with Gasteiger partial charge in [0.2, 0.25) is 0 Å². The van der Waals surface area contributed by atoms with Gasteiger partial charge in [-0.3, -0.25) is 4.68 Å². The van der Waals surface area contributed by atoms with Crippen LogP contribution in [-0.2, 0) is 19.5 Å². The third-order valence-electron chi connectivity index (χ3n) is 4.23. The number of aliphatic hydroxyl groups excluding tert-OH is 1. The Hall–Kier alpha value is -1.56. The van der Waals surface area contributed by atoms with E-state index in [1.165, 1.54) is 11.1 Å². The SMILES string of the molecule is Cc1nn(CCO)c(C)c1CNCC1Cc2ccccc2O1.Cl. The minimum atomic E-state index is 0. The second kappa shape index (κ2) is 7.81. The Morgan fingerprint density at radius 3 is 2.87 bits per heavy atom. The zero-order valence-corrected chi connectivity index (χ0v) is 14.4. The molecule has 1 aliphatic rings. The van der Waals surface area contributed by atoms with Crippen LogP contribution in [0.25, 0.3) is 0 Å². The Balaban J connectivity index is 0.00000192. The van der Waals surface area contributed by atoms with Crippen LogP contribution < -0.4 is 10.1 Å². The van der Waals surface area contributed by atoms with Crippen LogP contribution in [0.3, 0.4) is 0 Å². The molecule has 0 spiro atoms. The van der Waals surface area contributed by atoms with Crippen LogP contribution in [-0.4, -0.2) is 34.1 Å². The van der Waals surface area contributed by atoms with Gasteiger partial charge in [-0.25, -0.2) is 0 Å². The minimum Gasteiger partial charge on any atom is -0.488 e. The number of benzene rings is 1. The van der Waals surface area contributed by atoms with E-state index in [1.54, 1.807) is 0 Å². The van der Waals surface area contributed by atoms with Crippen LogP contribution in [0.1, 0.15) is 22.5 Å². The Labute approximate surface area is 143 Å². The summed E-state index contributed by atoms with van der Waals surface area (Å²) in [4.78, 5) is 0. The first-order chi connectivity index (χ1) is 10.7.